The number of rotatable bonds is 2. The van der Waals surface area contributed by atoms with E-state index in [9.17, 15) is 4.79 Å². The molecule has 0 saturated carbocycles. The first-order chi connectivity index (χ1) is 9.20. The number of hydrogen-bond acceptors (Lipinski definition) is 5. The number of nitrogens with one attached hydrogen (secondary N) is 1. The van der Waals surface area contributed by atoms with E-state index in [1.807, 2.05) is 42.3 Å². The zero-order valence-electron chi connectivity index (χ0n) is 10.7. The van der Waals surface area contributed by atoms with Crippen molar-refractivity contribution >= 4 is 17.4 Å². The predicted molar refractivity (Wildman–Crippen MR) is 71.5 cm³/mol. The number of ether oxygens (including phenoxy) is 1. The van der Waals surface area contributed by atoms with Crippen LogP contribution in [0.25, 0.3) is 0 Å². The van der Waals surface area contributed by atoms with Crippen LogP contribution in [-0.4, -0.2) is 29.9 Å². The maximum atomic E-state index is 12.4. The van der Waals surface area contributed by atoms with E-state index in [0.717, 1.165) is 17.3 Å². The molecule has 6 heteroatoms. The van der Waals surface area contributed by atoms with E-state index >= 15 is 0 Å². The van der Waals surface area contributed by atoms with Gasteiger partial charge in [0.25, 0.3) is 5.91 Å². The van der Waals surface area contributed by atoms with Gasteiger partial charge in [-0.15, -0.1) is 0 Å². The monoisotopic (exact) mass is 258 g/mol. The smallest absolute Gasteiger partial charge is 0.276 e. The van der Waals surface area contributed by atoms with Crippen LogP contribution in [0.1, 0.15) is 6.92 Å². The minimum absolute atomic E-state index is 0.0618. The van der Waals surface area contributed by atoms with E-state index < -0.39 is 6.17 Å². The molecular formula is C13H14N4O2. The van der Waals surface area contributed by atoms with Crippen molar-refractivity contribution in [1.29, 1.82) is 0 Å². The van der Waals surface area contributed by atoms with Crippen molar-refractivity contribution < 1.29 is 9.53 Å². The molecule has 2 aliphatic heterocycles. The van der Waals surface area contributed by atoms with E-state index in [-0.39, 0.29) is 5.91 Å². The molecule has 6 nitrogen and oxygen atoms in total. The Morgan fingerprint density at radius 3 is 2.68 bits per heavy atom. The third-order valence-electron chi connectivity index (χ3n) is 3.20. The Hall–Kier alpha value is -2.50. The minimum atomic E-state index is -0.452. The third-order valence-corrected chi connectivity index (χ3v) is 3.20. The fourth-order valence-electron chi connectivity index (χ4n) is 2.13. The quantitative estimate of drug-likeness (QED) is 0.862. The zero-order chi connectivity index (χ0) is 13.4. The predicted octanol–water partition coefficient (Wildman–Crippen LogP) is 1.08. The van der Waals surface area contributed by atoms with Gasteiger partial charge in [-0.05, 0) is 31.2 Å². The lowest BCUT2D eigenvalue weighted by molar-refractivity contribution is -0.122. The van der Waals surface area contributed by atoms with Crippen LogP contribution in [0.5, 0.6) is 5.75 Å². The molecule has 19 heavy (non-hydrogen) atoms. The van der Waals surface area contributed by atoms with Crippen LogP contribution in [0, 0.1) is 0 Å². The normalized spacial score (nSPS) is 21.1. The molecule has 0 fully saturated rings. The molecular weight excluding hydrogens is 244 g/mol. The van der Waals surface area contributed by atoms with Gasteiger partial charge in [-0.1, -0.05) is 0 Å². The standard InChI is InChI=1S/C13H14N4O2/c1-9-14-15-12-13(18)17(8-7-16(9)12)10-3-5-11(19-2)6-4-10/h3-8,12,15H,1-2H3. The molecule has 98 valence electrons. The molecule has 0 bridgehead atoms. The molecule has 1 aromatic carbocycles. The molecule has 0 spiro atoms. The largest absolute Gasteiger partial charge is 0.497 e. The summed E-state index contributed by atoms with van der Waals surface area (Å²) in [5.74, 6) is 1.48. The summed E-state index contributed by atoms with van der Waals surface area (Å²) in [5, 5.41) is 4.06. The third kappa shape index (κ3) is 1.81. The number of carbonyl (C=O) groups excluding carboxylic acids is 1. The molecule has 1 atom stereocenters. The molecule has 0 radical (unpaired) electrons. The zero-order valence-corrected chi connectivity index (χ0v) is 10.7. The summed E-state index contributed by atoms with van der Waals surface area (Å²) in [4.78, 5) is 15.8. The molecule has 0 aromatic heterocycles. The fourth-order valence-corrected chi connectivity index (χ4v) is 2.13. The highest BCUT2D eigenvalue weighted by Gasteiger charge is 2.36. The summed E-state index contributed by atoms with van der Waals surface area (Å²) in [7, 11) is 1.61. The molecule has 3 rings (SSSR count). The van der Waals surface area contributed by atoms with E-state index in [1.165, 1.54) is 0 Å². The molecule has 1 N–H and O–H groups in total. The van der Waals surface area contributed by atoms with Crippen LogP contribution < -0.4 is 15.1 Å². The van der Waals surface area contributed by atoms with Crippen molar-refractivity contribution in [3.8, 4) is 5.75 Å². The Balaban J connectivity index is 1.88. The fraction of sp³-hybridized carbons (Fsp3) is 0.231. The summed E-state index contributed by atoms with van der Waals surface area (Å²) in [6.45, 7) is 1.85. The van der Waals surface area contributed by atoms with Gasteiger partial charge in [0, 0.05) is 18.1 Å². The second kappa shape index (κ2) is 4.31. The summed E-state index contributed by atoms with van der Waals surface area (Å²) in [5.41, 5.74) is 3.63. The van der Waals surface area contributed by atoms with Crippen LogP contribution in [0.2, 0.25) is 0 Å². The minimum Gasteiger partial charge on any atom is -0.497 e. The van der Waals surface area contributed by atoms with Crippen LogP contribution in [0.3, 0.4) is 0 Å². The van der Waals surface area contributed by atoms with E-state index in [1.54, 1.807) is 18.2 Å². The van der Waals surface area contributed by atoms with Gasteiger partial charge in [0.1, 0.15) is 11.6 Å². The number of hydrogen-bond donors (Lipinski definition) is 1. The van der Waals surface area contributed by atoms with Crippen molar-refractivity contribution in [2.24, 2.45) is 5.10 Å². The first-order valence-electron chi connectivity index (χ1n) is 5.94. The number of hydrazone groups is 1. The summed E-state index contributed by atoms with van der Waals surface area (Å²) in [6.07, 6.45) is 3.13. The number of carbonyl (C=O) groups is 1. The van der Waals surface area contributed by atoms with Crippen LogP contribution >= 0.6 is 0 Å². The molecule has 2 heterocycles. The number of fused-ring (bicyclic) bond motifs is 1. The number of methoxy groups -OCH3 is 1. The Labute approximate surface area is 110 Å². The van der Waals surface area contributed by atoms with Crippen molar-refractivity contribution in [2.75, 3.05) is 12.0 Å². The Morgan fingerprint density at radius 1 is 1.26 bits per heavy atom. The molecule has 1 unspecified atom stereocenters. The number of anilines is 1. The second-order valence-electron chi connectivity index (χ2n) is 4.30. The molecule has 2 aliphatic rings. The highest BCUT2D eigenvalue weighted by atomic mass is 16.5. The van der Waals surface area contributed by atoms with Gasteiger partial charge in [0.2, 0.25) is 6.17 Å². The highest BCUT2D eigenvalue weighted by molar-refractivity contribution is 6.03. The van der Waals surface area contributed by atoms with Crippen LogP contribution in [0.15, 0.2) is 41.8 Å². The second-order valence-corrected chi connectivity index (χ2v) is 4.30. The van der Waals surface area contributed by atoms with Gasteiger partial charge in [0.15, 0.2) is 0 Å². The lowest BCUT2D eigenvalue weighted by atomic mass is 10.2. The Morgan fingerprint density at radius 2 is 2.00 bits per heavy atom. The lowest BCUT2D eigenvalue weighted by Crippen LogP contribution is -2.52. The van der Waals surface area contributed by atoms with Crippen molar-refractivity contribution in [2.45, 2.75) is 13.1 Å². The number of amides is 1. The van der Waals surface area contributed by atoms with Crippen molar-refractivity contribution in [3.05, 3.63) is 36.7 Å². The molecule has 0 aliphatic carbocycles. The molecule has 1 aromatic rings. The van der Waals surface area contributed by atoms with Crippen LogP contribution in [0.4, 0.5) is 5.69 Å². The van der Waals surface area contributed by atoms with E-state index in [4.69, 9.17) is 4.74 Å². The first-order valence-corrected chi connectivity index (χ1v) is 5.94. The molecule has 1 amide bonds. The molecule has 0 saturated heterocycles. The first kappa shape index (κ1) is 11.6. The van der Waals surface area contributed by atoms with E-state index in [0.29, 0.717) is 0 Å². The van der Waals surface area contributed by atoms with Crippen molar-refractivity contribution in [3.63, 3.8) is 0 Å². The average Bonchev–Trinajstić information content (AvgIpc) is 2.82. The van der Waals surface area contributed by atoms with Crippen molar-refractivity contribution in [1.82, 2.24) is 10.3 Å². The summed E-state index contributed by atoms with van der Waals surface area (Å²) in [6, 6.07) is 7.35. The number of nitrogens with zero attached hydrogens (tertiary/aromatic N) is 3. The number of benzene rings is 1. The van der Waals surface area contributed by atoms with Crippen LogP contribution in [-0.2, 0) is 4.79 Å². The van der Waals surface area contributed by atoms with Gasteiger partial charge in [-0.2, -0.15) is 5.10 Å². The summed E-state index contributed by atoms with van der Waals surface area (Å²) >= 11 is 0. The topological polar surface area (TPSA) is 57.2 Å². The van der Waals surface area contributed by atoms with Gasteiger partial charge in [0.05, 0.1) is 7.11 Å². The highest BCUT2D eigenvalue weighted by Crippen LogP contribution is 2.24. The lowest BCUT2D eigenvalue weighted by Gasteiger charge is -2.31. The number of amidine groups is 1. The van der Waals surface area contributed by atoms with Gasteiger partial charge in [-0.3, -0.25) is 15.1 Å². The van der Waals surface area contributed by atoms with Gasteiger partial charge >= 0.3 is 0 Å². The Kier molecular flexibility index (Phi) is 2.63. The van der Waals surface area contributed by atoms with Gasteiger partial charge < -0.3 is 9.64 Å². The van der Waals surface area contributed by atoms with Gasteiger partial charge in [-0.25, -0.2) is 0 Å². The Bertz CT molecular complexity index is 565. The van der Waals surface area contributed by atoms with E-state index in [2.05, 4.69) is 10.5 Å². The average molecular weight is 258 g/mol. The maximum Gasteiger partial charge on any atom is 0.276 e. The SMILES string of the molecule is COc1ccc(N2C=CN3C(C)=NNC3C2=O)cc1. The maximum absolute atomic E-state index is 12.4. The summed E-state index contributed by atoms with van der Waals surface area (Å²) < 4.78 is 5.11.